The average Bonchev–Trinajstić information content (AvgIpc) is 2.32. The highest BCUT2D eigenvalue weighted by Crippen LogP contribution is 2.28. The van der Waals surface area contributed by atoms with Crippen molar-refractivity contribution in [1.82, 2.24) is 4.98 Å². The molecule has 4 nitrogen and oxygen atoms in total. The maximum atomic E-state index is 11.3. The van der Waals surface area contributed by atoms with E-state index in [0.29, 0.717) is 11.6 Å². The number of sulfone groups is 1. The molecule has 2 rings (SSSR count). The van der Waals surface area contributed by atoms with Crippen molar-refractivity contribution < 1.29 is 13.2 Å². The van der Waals surface area contributed by atoms with Gasteiger partial charge in [0.15, 0.2) is 9.84 Å². The maximum Gasteiger partial charge on any atom is 0.233 e. The van der Waals surface area contributed by atoms with Crippen LogP contribution in [-0.2, 0) is 9.84 Å². The molecule has 1 aromatic heterocycles. The Morgan fingerprint density at radius 2 is 1.84 bits per heavy atom. The summed E-state index contributed by atoms with van der Waals surface area (Å²) >= 11 is 3.37. The fraction of sp³-hybridized carbons (Fsp3) is 0.154. The van der Waals surface area contributed by atoms with Crippen LogP contribution in [0.2, 0.25) is 0 Å². The Balaban J connectivity index is 2.25. The van der Waals surface area contributed by atoms with Gasteiger partial charge in [-0.25, -0.2) is 13.4 Å². The van der Waals surface area contributed by atoms with Crippen LogP contribution in [0.5, 0.6) is 11.6 Å². The highest BCUT2D eigenvalue weighted by molar-refractivity contribution is 9.10. The van der Waals surface area contributed by atoms with Crippen LogP contribution in [0.3, 0.4) is 0 Å². The van der Waals surface area contributed by atoms with E-state index in [-0.39, 0.29) is 4.90 Å². The molecule has 6 heteroatoms. The highest BCUT2D eigenvalue weighted by atomic mass is 79.9. The molecular weight excluding hydrogens is 330 g/mol. The standard InChI is InChI=1S/C13H12BrNO3S/c1-9-7-12(14)13(15-8-9)18-10-3-5-11(6-4-10)19(2,16)17/h3-8H,1-2H3. The van der Waals surface area contributed by atoms with Crippen LogP contribution in [0, 0.1) is 6.92 Å². The minimum absolute atomic E-state index is 0.260. The summed E-state index contributed by atoms with van der Waals surface area (Å²) in [5.41, 5.74) is 1.02. The fourth-order valence-corrected chi connectivity index (χ4v) is 2.64. The Hall–Kier alpha value is -1.40. The molecule has 0 N–H and O–H groups in total. The first-order chi connectivity index (χ1) is 8.86. The molecule has 0 bridgehead atoms. The van der Waals surface area contributed by atoms with Gasteiger partial charge >= 0.3 is 0 Å². The molecule has 2 aromatic rings. The number of nitrogens with zero attached hydrogens (tertiary/aromatic N) is 1. The third-order valence-electron chi connectivity index (χ3n) is 2.41. The van der Waals surface area contributed by atoms with E-state index < -0.39 is 9.84 Å². The molecule has 1 heterocycles. The van der Waals surface area contributed by atoms with Gasteiger partial charge in [0.05, 0.1) is 9.37 Å². The van der Waals surface area contributed by atoms with Gasteiger partial charge in [0.2, 0.25) is 5.88 Å². The van der Waals surface area contributed by atoms with Crippen molar-refractivity contribution in [2.75, 3.05) is 6.26 Å². The molecule has 0 atom stereocenters. The minimum Gasteiger partial charge on any atom is -0.438 e. The summed E-state index contributed by atoms with van der Waals surface area (Å²) in [5, 5.41) is 0. The van der Waals surface area contributed by atoms with Gasteiger partial charge in [-0.1, -0.05) is 0 Å². The van der Waals surface area contributed by atoms with Crippen LogP contribution in [-0.4, -0.2) is 19.7 Å². The van der Waals surface area contributed by atoms with Crippen LogP contribution in [0.4, 0.5) is 0 Å². The second-order valence-electron chi connectivity index (χ2n) is 4.15. The van der Waals surface area contributed by atoms with Crippen LogP contribution in [0.15, 0.2) is 45.9 Å². The summed E-state index contributed by atoms with van der Waals surface area (Å²) in [7, 11) is -3.19. The lowest BCUT2D eigenvalue weighted by Crippen LogP contribution is -1.96. The van der Waals surface area contributed by atoms with Gasteiger partial charge in [0.25, 0.3) is 0 Å². The van der Waals surface area contributed by atoms with E-state index in [1.165, 1.54) is 18.4 Å². The predicted molar refractivity (Wildman–Crippen MR) is 76.3 cm³/mol. The van der Waals surface area contributed by atoms with Crippen molar-refractivity contribution in [1.29, 1.82) is 0 Å². The molecule has 1 aromatic carbocycles. The molecule has 100 valence electrons. The molecule has 0 spiro atoms. The molecule has 0 unspecified atom stereocenters. The van der Waals surface area contributed by atoms with Crippen molar-refractivity contribution in [3.05, 3.63) is 46.6 Å². The van der Waals surface area contributed by atoms with E-state index in [1.54, 1.807) is 18.3 Å². The fourth-order valence-electron chi connectivity index (χ4n) is 1.46. The van der Waals surface area contributed by atoms with E-state index >= 15 is 0 Å². The van der Waals surface area contributed by atoms with Gasteiger partial charge in [0, 0.05) is 12.5 Å². The van der Waals surface area contributed by atoms with E-state index in [0.717, 1.165) is 10.0 Å². The minimum atomic E-state index is -3.19. The number of benzene rings is 1. The SMILES string of the molecule is Cc1cnc(Oc2ccc(S(C)(=O)=O)cc2)c(Br)c1. The van der Waals surface area contributed by atoms with Crippen molar-refractivity contribution in [2.45, 2.75) is 11.8 Å². The van der Waals surface area contributed by atoms with E-state index in [4.69, 9.17) is 4.74 Å². The van der Waals surface area contributed by atoms with Crippen molar-refractivity contribution in [2.24, 2.45) is 0 Å². The second kappa shape index (κ2) is 5.30. The number of halogens is 1. The number of rotatable bonds is 3. The number of pyridine rings is 1. The van der Waals surface area contributed by atoms with Gasteiger partial charge in [-0.3, -0.25) is 0 Å². The summed E-state index contributed by atoms with van der Waals surface area (Å²) in [5.74, 6) is 0.974. The summed E-state index contributed by atoms with van der Waals surface area (Å²) in [6, 6.07) is 8.11. The molecule has 0 saturated carbocycles. The Morgan fingerprint density at radius 3 is 2.37 bits per heavy atom. The molecule has 19 heavy (non-hydrogen) atoms. The molecule has 0 fully saturated rings. The lowest BCUT2D eigenvalue weighted by Gasteiger charge is -2.07. The van der Waals surface area contributed by atoms with Crippen molar-refractivity contribution in [3.63, 3.8) is 0 Å². The molecule has 0 saturated heterocycles. The van der Waals surface area contributed by atoms with Gasteiger partial charge in [-0.2, -0.15) is 0 Å². The van der Waals surface area contributed by atoms with Crippen LogP contribution in [0.25, 0.3) is 0 Å². The summed E-state index contributed by atoms with van der Waals surface area (Å²) in [6.07, 6.45) is 2.87. The van der Waals surface area contributed by atoms with Crippen LogP contribution < -0.4 is 4.74 Å². The average molecular weight is 342 g/mol. The zero-order valence-electron chi connectivity index (χ0n) is 10.4. The predicted octanol–water partition coefficient (Wildman–Crippen LogP) is 3.35. The van der Waals surface area contributed by atoms with E-state index in [2.05, 4.69) is 20.9 Å². The Kier molecular flexibility index (Phi) is 3.91. The van der Waals surface area contributed by atoms with Gasteiger partial charge in [0.1, 0.15) is 5.75 Å². The number of aromatic nitrogens is 1. The van der Waals surface area contributed by atoms with E-state index in [1.807, 2.05) is 13.0 Å². The number of aryl methyl sites for hydroxylation is 1. The van der Waals surface area contributed by atoms with Crippen LogP contribution in [0.1, 0.15) is 5.56 Å². The zero-order valence-corrected chi connectivity index (χ0v) is 12.8. The highest BCUT2D eigenvalue weighted by Gasteiger charge is 2.08. The number of hydrogen-bond acceptors (Lipinski definition) is 4. The normalized spacial score (nSPS) is 11.3. The smallest absolute Gasteiger partial charge is 0.233 e. The van der Waals surface area contributed by atoms with E-state index in [9.17, 15) is 8.42 Å². The van der Waals surface area contributed by atoms with Crippen molar-refractivity contribution in [3.8, 4) is 11.6 Å². The topological polar surface area (TPSA) is 56.3 Å². The summed E-state index contributed by atoms with van der Waals surface area (Å²) in [6.45, 7) is 1.93. The first-order valence-electron chi connectivity index (χ1n) is 5.46. The van der Waals surface area contributed by atoms with Crippen molar-refractivity contribution >= 4 is 25.8 Å². The molecule has 0 radical (unpaired) electrons. The first-order valence-corrected chi connectivity index (χ1v) is 8.15. The molecular formula is C13H12BrNO3S. The summed E-state index contributed by atoms with van der Waals surface area (Å²) < 4.78 is 29.0. The lowest BCUT2D eigenvalue weighted by molar-refractivity contribution is 0.459. The largest absolute Gasteiger partial charge is 0.438 e. The number of ether oxygens (including phenoxy) is 1. The lowest BCUT2D eigenvalue weighted by atomic mass is 10.3. The first kappa shape index (κ1) is 14.0. The molecule has 0 aliphatic carbocycles. The van der Waals surface area contributed by atoms with Gasteiger partial charge < -0.3 is 4.74 Å². The summed E-state index contributed by atoms with van der Waals surface area (Å²) in [4.78, 5) is 4.42. The molecule has 0 amide bonds. The molecule has 0 aliphatic rings. The Morgan fingerprint density at radius 1 is 1.21 bits per heavy atom. The van der Waals surface area contributed by atoms with Gasteiger partial charge in [-0.15, -0.1) is 0 Å². The molecule has 0 aliphatic heterocycles. The Labute approximate surface area is 120 Å². The third kappa shape index (κ3) is 3.54. The number of hydrogen-bond donors (Lipinski definition) is 0. The van der Waals surface area contributed by atoms with Gasteiger partial charge in [-0.05, 0) is 58.7 Å². The monoisotopic (exact) mass is 341 g/mol. The van der Waals surface area contributed by atoms with Crippen LogP contribution >= 0.6 is 15.9 Å². The Bertz CT molecular complexity index is 696. The third-order valence-corrected chi connectivity index (χ3v) is 4.11. The quantitative estimate of drug-likeness (QED) is 0.858. The maximum absolute atomic E-state index is 11.3. The second-order valence-corrected chi connectivity index (χ2v) is 7.02. The zero-order chi connectivity index (χ0) is 14.0.